The van der Waals surface area contributed by atoms with Crippen LogP contribution in [0, 0.1) is 0 Å². The fraction of sp³-hybridized carbons (Fsp3) is 0.706. The molecule has 1 aromatic rings. The van der Waals surface area contributed by atoms with Crippen molar-refractivity contribution in [3.8, 4) is 0 Å². The second-order valence-electron chi connectivity index (χ2n) is 7.00. The molecule has 1 fully saturated rings. The minimum absolute atomic E-state index is 0.0257. The minimum Gasteiger partial charge on any atom is -0.392 e. The molecule has 1 unspecified atom stereocenters. The summed E-state index contributed by atoms with van der Waals surface area (Å²) in [4.78, 5) is 6.92. The Hall–Kier alpha value is -1.13. The zero-order valence-corrected chi connectivity index (χ0v) is 13.7. The van der Waals surface area contributed by atoms with Crippen molar-refractivity contribution < 1.29 is 9.84 Å². The van der Waals surface area contributed by atoms with Crippen molar-refractivity contribution in [3.63, 3.8) is 0 Å². The lowest BCUT2D eigenvalue weighted by Gasteiger charge is -2.29. The number of aromatic nitrogens is 1. The molecule has 0 spiro atoms. The Kier molecular flexibility index (Phi) is 5.22. The van der Waals surface area contributed by atoms with E-state index in [4.69, 9.17) is 9.72 Å². The number of aliphatic hydroxyl groups excluding tert-OH is 1. The third kappa shape index (κ3) is 4.42. The lowest BCUT2D eigenvalue weighted by molar-refractivity contribution is 0.0215. The Morgan fingerprint density at radius 2 is 2.10 bits per heavy atom. The van der Waals surface area contributed by atoms with Crippen molar-refractivity contribution in [1.82, 2.24) is 4.98 Å². The molecule has 0 bridgehead atoms. The summed E-state index contributed by atoms with van der Waals surface area (Å²) in [5.74, 6) is 0.917. The molecular weight excluding hydrogens is 264 g/mol. The number of rotatable bonds is 4. The molecule has 4 heteroatoms. The van der Waals surface area contributed by atoms with E-state index >= 15 is 0 Å². The Bertz CT molecular complexity index is 462. The third-order valence-electron chi connectivity index (χ3n) is 3.97. The average molecular weight is 292 g/mol. The van der Waals surface area contributed by atoms with E-state index in [1.807, 2.05) is 19.2 Å². The summed E-state index contributed by atoms with van der Waals surface area (Å²) < 4.78 is 5.81. The molecule has 1 aromatic heterocycles. The molecular formula is C17H28N2O2. The molecule has 0 saturated carbocycles. The van der Waals surface area contributed by atoms with Crippen LogP contribution in [0.5, 0.6) is 0 Å². The van der Waals surface area contributed by atoms with E-state index in [1.54, 1.807) is 0 Å². The number of hydrogen-bond acceptors (Lipinski definition) is 4. The van der Waals surface area contributed by atoms with Crippen molar-refractivity contribution >= 4 is 5.82 Å². The van der Waals surface area contributed by atoms with Crippen LogP contribution >= 0.6 is 0 Å². The Morgan fingerprint density at radius 3 is 2.67 bits per heavy atom. The normalized spacial score (nSPS) is 19.6. The molecule has 1 saturated heterocycles. The summed E-state index contributed by atoms with van der Waals surface area (Å²) in [7, 11) is 2.05. The molecule has 118 valence electrons. The van der Waals surface area contributed by atoms with Crippen LogP contribution in [-0.2, 0) is 16.8 Å². The highest BCUT2D eigenvalue weighted by atomic mass is 16.5. The largest absolute Gasteiger partial charge is 0.392 e. The molecule has 4 nitrogen and oxygen atoms in total. The number of pyridine rings is 1. The van der Waals surface area contributed by atoms with Gasteiger partial charge in [-0.05, 0) is 37.0 Å². The summed E-state index contributed by atoms with van der Waals surface area (Å²) in [6.07, 6.45) is 3.83. The Labute approximate surface area is 128 Å². The number of aliphatic hydroxyl groups is 1. The molecule has 0 radical (unpaired) electrons. The van der Waals surface area contributed by atoms with Crippen molar-refractivity contribution in [2.24, 2.45) is 0 Å². The fourth-order valence-electron chi connectivity index (χ4n) is 2.59. The zero-order chi connectivity index (χ0) is 15.5. The summed E-state index contributed by atoms with van der Waals surface area (Å²) >= 11 is 0. The quantitative estimate of drug-likeness (QED) is 0.927. The first-order valence-corrected chi connectivity index (χ1v) is 7.85. The van der Waals surface area contributed by atoms with Crippen LogP contribution in [0.1, 0.15) is 51.3 Å². The van der Waals surface area contributed by atoms with Gasteiger partial charge in [0.25, 0.3) is 0 Å². The fourth-order valence-corrected chi connectivity index (χ4v) is 2.59. The van der Waals surface area contributed by atoms with E-state index in [1.165, 1.54) is 12.8 Å². The smallest absolute Gasteiger partial charge is 0.129 e. The second kappa shape index (κ2) is 6.75. The lowest BCUT2D eigenvalue weighted by Crippen LogP contribution is -2.34. The first kappa shape index (κ1) is 16.2. The van der Waals surface area contributed by atoms with Gasteiger partial charge in [-0.25, -0.2) is 4.98 Å². The van der Waals surface area contributed by atoms with Gasteiger partial charge in [-0.2, -0.15) is 0 Å². The first-order valence-electron chi connectivity index (χ1n) is 7.85. The van der Waals surface area contributed by atoms with Gasteiger partial charge in [0.1, 0.15) is 5.82 Å². The molecule has 0 aliphatic carbocycles. The number of hydrogen-bond donors (Lipinski definition) is 1. The number of nitrogens with zero attached hydrogens (tertiary/aromatic N) is 2. The van der Waals surface area contributed by atoms with Gasteiger partial charge in [0, 0.05) is 31.3 Å². The van der Waals surface area contributed by atoms with Gasteiger partial charge >= 0.3 is 0 Å². The Balaban J connectivity index is 2.17. The molecule has 21 heavy (non-hydrogen) atoms. The molecule has 0 aromatic carbocycles. The van der Waals surface area contributed by atoms with Crippen LogP contribution < -0.4 is 4.90 Å². The van der Waals surface area contributed by atoms with E-state index in [0.29, 0.717) is 6.10 Å². The predicted octanol–water partition coefficient (Wildman–Crippen LogP) is 2.88. The monoisotopic (exact) mass is 292 g/mol. The first-order chi connectivity index (χ1) is 9.90. The molecule has 1 aliphatic rings. The van der Waals surface area contributed by atoms with Gasteiger partial charge in [0.15, 0.2) is 0 Å². The zero-order valence-electron chi connectivity index (χ0n) is 13.7. The van der Waals surface area contributed by atoms with Crippen molar-refractivity contribution in [1.29, 1.82) is 0 Å². The topological polar surface area (TPSA) is 45.6 Å². The van der Waals surface area contributed by atoms with Crippen LogP contribution in [0.3, 0.4) is 0 Å². The highest BCUT2D eigenvalue weighted by Gasteiger charge is 2.20. The Morgan fingerprint density at radius 1 is 1.33 bits per heavy atom. The molecule has 0 amide bonds. The summed E-state index contributed by atoms with van der Waals surface area (Å²) in [5.41, 5.74) is 1.91. The lowest BCUT2D eigenvalue weighted by atomic mass is 9.91. The number of likely N-dealkylation sites (N-methyl/N-ethyl adjacent to an activating group) is 1. The van der Waals surface area contributed by atoms with Gasteiger partial charge in [0.2, 0.25) is 0 Å². The van der Waals surface area contributed by atoms with E-state index in [2.05, 4.69) is 25.7 Å². The van der Waals surface area contributed by atoms with Crippen LogP contribution in [-0.4, -0.2) is 36.4 Å². The highest BCUT2D eigenvalue weighted by molar-refractivity contribution is 5.43. The number of ether oxygens (including phenoxy) is 1. The summed E-state index contributed by atoms with van der Waals surface area (Å²) in [6, 6.07) is 3.96. The van der Waals surface area contributed by atoms with Gasteiger partial charge in [-0.3, -0.25) is 0 Å². The van der Waals surface area contributed by atoms with Crippen LogP contribution in [0.25, 0.3) is 0 Å². The van der Waals surface area contributed by atoms with Crippen LogP contribution in [0.2, 0.25) is 0 Å². The van der Waals surface area contributed by atoms with Gasteiger partial charge in [-0.15, -0.1) is 0 Å². The maximum Gasteiger partial charge on any atom is 0.129 e. The van der Waals surface area contributed by atoms with Gasteiger partial charge < -0.3 is 14.7 Å². The number of anilines is 1. The van der Waals surface area contributed by atoms with Gasteiger partial charge in [-0.1, -0.05) is 20.8 Å². The van der Waals surface area contributed by atoms with Crippen LogP contribution in [0.4, 0.5) is 5.82 Å². The van der Waals surface area contributed by atoms with Crippen LogP contribution in [0.15, 0.2) is 12.1 Å². The summed E-state index contributed by atoms with van der Waals surface area (Å²) in [5, 5.41) is 9.48. The molecule has 2 rings (SSSR count). The van der Waals surface area contributed by atoms with E-state index in [-0.39, 0.29) is 12.0 Å². The maximum absolute atomic E-state index is 9.48. The second-order valence-corrected chi connectivity index (χ2v) is 7.00. The van der Waals surface area contributed by atoms with Crippen molar-refractivity contribution in [2.45, 2.75) is 58.2 Å². The van der Waals surface area contributed by atoms with E-state index in [0.717, 1.165) is 36.6 Å². The summed E-state index contributed by atoms with van der Waals surface area (Å²) in [6.45, 7) is 8.20. The standard InChI is InChI=1S/C17H28N2O2/c1-17(2,3)15-9-13(12-20)10-16(18-15)19(4)11-14-7-5-6-8-21-14/h9-10,14,20H,5-8,11-12H2,1-4H3. The highest BCUT2D eigenvalue weighted by Crippen LogP contribution is 2.25. The van der Waals surface area contributed by atoms with E-state index < -0.39 is 0 Å². The molecule has 2 heterocycles. The van der Waals surface area contributed by atoms with Gasteiger partial charge in [0.05, 0.1) is 12.7 Å². The molecule has 1 aliphatic heterocycles. The van der Waals surface area contributed by atoms with Crippen molar-refractivity contribution in [2.75, 3.05) is 25.1 Å². The van der Waals surface area contributed by atoms with E-state index in [9.17, 15) is 5.11 Å². The SMILES string of the molecule is CN(CC1CCCCO1)c1cc(CO)cc(C(C)(C)C)n1. The third-order valence-corrected chi connectivity index (χ3v) is 3.97. The molecule has 1 N–H and O–H groups in total. The minimum atomic E-state index is -0.0257. The van der Waals surface area contributed by atoms with Crippen molar-refractivity contribution in [3.05, 3.63) is 23.4 Å². The maximum atomic E-state index is 9.48. The predicted molar refractivity (Wildman–Crippen MR) is 85.7 cm³/mol. The average Bonchev–Trinajstić information content (AvgIpc) is 2.46. The molecule has 1 atom stereocenters.